The fourth-order valence-corrected chi connectivity index (χ4v) is 3.84. The van der Waals surface area contributed by atoms with Gasteiger partial charge in [-0.25, -0.2) is 0 Å². The first kappa shape index (κ1) is 18.8. The van der Waals surface area contributed by atoms with Crippen LogP contribution in [0.4, 0.5) is 0 Å². The molecular weight excluding hydrogens is 414 g/mol. The van der Waals surface area contributed by atoms with Crippen molar-refractivity contribution in [3.05, 3.63) is 62.6 Å². The van der Waals surface area contributed by atoms with E-state index in [0.29, 0.717) is 13.1 Å². The molecule has 1 heterocycles. The number of hydrogen-bond acceptors (Lipinski definition) is 4. The molecule has 0 amide bonds. The van der Waals surface area contributed by atoms with Crippen LogP contribution in [0.2, 0.25) is 5.02 Å². The minimum atomic E-state index is 0.340. The minimum Gasteiger partial charge on any atom is -0.497 e. The molecule has 2 aromatic rings. The second-order valence-corrected chi connectivity index (χ2v) is 7.27. The van der Waals surface area contributed by atoms with Crippen LogP contribution in [0.15, 0.2) is 45.9 Å². The van der Waals surface area contributed by atoms with Gasteiger partial charge in [0.2, 0.25) is 0 Å². The lowest BCUT2D eigenvalue weighted by Gasteiger charge is -2.20. The predicted molar refractivity (Wildman–Crippen MR) is 108 cm³/mol. The largest absolute Gasteiger partial charge is 0.497 e. The number of aryl methyl sites for hydroxylation is 1. The molecule has 1 aliphatic rings. The molecule has 134 valence electrons. The third-order valence-corrected chi connectivity index (χ3v) is 5.58. The summed E-state index contributed by atoms with van der Waals surface area (Å²) in [5, 5.41) is 9.79. The summed E-state index contributed by atoms with van der Waals surface area (Å²) in [4.78, 5) is 6.62. The van der Waals surface area contributed by atoms with Crippen molar-refractivity contribution in [1.29, 1.82) is 5.26 Å². The van der Waals surface area contributed by atoms with Gasteiger partial charge in [0.25, 0.3) is 0 Å². The molecule has 0 N–H and O–H groups in total. The number of amidine groups is 1. The Labute approximate surface area is 167 Å². The molecule has 0 radical (unpaired) electrons. The highest BCUT2D eigenvalue weighted by Gasteiger charge is 2.22. The summed E-state index contributed by atoms with van der Waals surface area (Å²) in [5.41, 5.74) is 3.24. The second-order valence-electron chi connectivity index (χ2n) is 6.01. The second kappa shape index (κ2) is 8.57. The van der Waals surface area contributed by atoms with Crippen molar-refractivity contribution in [2.75, 3.05) is 26.7 Å². The molecule has 0 unspecified atom stereocenters. The van der Waals surface area contributed by atoms with E-state index >= 15 is 0 Å². The quantitative estimate of drug-likeness (QED) is 0.632. The van der Waals surface area contributed by atoms with Crippen molar-refractivity contribution < 1.29 is 4.74 Å². The number of benzene rings is 2. The zero-order valence-electron chi connectivity index (χ0n) is 14.5. The number of aliphatic imine (C=N–C) groups is 1. The number of halogens is 2. The Bertz CT molecular complexity index is 876. The Balaban J connectivity index is 1.88. The van der Waals surface area contributed by atoms with Crippen LogP contribution in [0.1, 0.15) is 16.7 Å². The SMILES string of the molecule is COc1ccc(Br)c(CCc2c(Cl)cccc2C2=NCCN2CC#N)c1. The molecule has 0 saturated carbocycles. The molecule has 3 rings (SSSR count). The average Bonchev–Trinajstić information content (AvgIpc) is 3.10. The predicted octanol–water partition coefficient (Wildman–Crippen LogP) is 4.48. The van der Waals surface area contributed by atoms with Crippen molar-refractivity contribution in [3.63, 3.8) is 0 Å². The number of rotatable bonds is 6. The van der Waals surface area contributed by atoms with E-state index in [4.69, 9.17) is 21.6 Å². The fraction of sp³-hybridized carbons (Fsp3) is 0.300. The molecule has 0 saturated heterocycles. The molecule has 0 atom stereocenters. The highest BCUT2D eigenvalue weighted by Crippen LogP contribution is 2.28. The van der Waals surface area contributed by atoms with Crippen LogP contribution in [0.3, 0.4) is 0 Å². The molecule has 0 fully saturated rings. The molecular formula is C20H19BrClN3O. The van der Waals surface area contributed by atoms with Crippen LogP contribution in [0, 0.1) is 11.3 Å². The van der Waals surface area contributed by atoms with Gasteiger partial charge in [0.1, 0.15) is 18.1 Å². The van der Waals surface area contributed by atoms with Gasteiger partial charge in [0.15, 0.2) is 0 Å². The van der Waals surface area contributed by atoms with Gasteiger partial charge in [-0.1, -0.05) is 39.7 Å². The maximum Gasteiger partial charge on any atom is 0.132 e. The first-order valence-corrected chi connectivity index (χ1v) is 9.57. The standard InChI is InChI=1S/C20H19BrClN3O/c1-26-15-6-8-18(21)14(13-15)5-7-16-17(3-2-4-19(16)22)20-24-10-12-25(20)11-9-23/h2-4,6,8,13H,5,7,10-12H2,1H3. The Morgan fingerprint density at radius 1 is 1.31 bits per heavy atom. The zero-order valence-corrected chi connectivity index (χ0v) is 16.8. The number of ether oxygens (including phenoxy) is 1. The van der Waals surface area contributed by atoms with Crippen molar-refractivity contribution in [2.24, 2.45) is 4.99 Å². The van der Waals surface area contributed by atoms with Crippen LogP contribution in [-0.2, 0) is 12.8 Å². The molecule has 26 heavy (non-hydrogen) atoms. The molecule has 4 nitrogen and oxygen atoms in total. The van der Waals surface area contributed by atoms with E-state index in [1.807, 2.05) is 41.3 Å². The number of methoxy groups -OCH3 is 1. The monoisotopic (exact) mass is 431 g/mol. The average molecular weight is 433 g/mol. The molecule has 0 bridgehead atoms. The summed E-state index contributed by atoms with van der Waals surface area (Å²) in [7, 11) is 1.67. The molecule has 0 aliphatic carbocycles. The van der Waals surface area contributed by atoms with E-state index in [-0.39, 0.29) is 0 Å². The molecule has 0 aromatic heterocycles. The lowest BCUT2D eigenvalue weighted by molar-refractivity contribution is 0.414. The molecule has 1 aliphatic heterocycles. The summed E-state index contributed by atoms with van der Waals surface area (Å²) in [6.07, 6.45) is 1.60. The summed E-state index contributed by atoms with van der Waals surface area (Å²) in [6.45, 7) is 1.83. The smallest absolute Gasteiger partial charge is 0.132 e. The Morgan fingerprint density at radius 2 is 2.15 bits per heavy atom. The van der Waals surface area contributed by atoms with Crippen LogP contribution >= 0.6 is 27.5 Å². The van der Waals surface area contributed by atoms with Crippen LogP contribution < -0.4 is 4.74 Å². The molecule has 0 spiro atoms. The first-order valence-electron chi connectivity index (χ1n) is 8.40. The van der Waals surface area contributed by atoms with Crippen molar-refractivity contribution in [2.45, 2.75) is 12.8 Å². The summed E-state index contributed by atoms with van der Waals surface area (Å²) >= 11 is 10.1. The highest BCUT2D eigenvalue weighted by atomic mass is 79.9. The third-order valence-electron chi connectivity index (χ3n) is 4.45. The van der Waals surface area contributed by atoms with Gasteiger partial charge in [-0.15, -0.1) is 0 Å². The van der Waals surface area contributed by atoms with Crippen LogP contribution in [0.5, 0.6) is 5.75 Å². The van der Waals surface area contributed by atoms with Crippen molar-refractivity contribution in [1.82, 2.24) is 4.90 Å². The van der Waals surface area contributed by atoms with Gasteiger partial charge in [-0.05, 0) is 48.2 Å². The first-order chi connectivity index (χ1) is 12.6. The van der Waals surface area contributed by atoms with Gasteiger partial charge in [0.05, 0.1) is 19.7 Å². The number of nitrogens with zero attached hydrogens (tertiary/aromatic N) is 3. The fourth-order valence-electron chi connectivity index (χ4n) is 3.13. The van der Waals surface area contributed by atoms with E-state index in [0.717, 1.165) is 57.2 Å². The lowest BCUT2D eigenvalue weighted by Crippen LogP contribution is -2.29. The summed E-state index contributed by atoms with van der Waals surface area (Å²) < 4.78 is 6.38. The van der Waals surface area contributed by atoms with E-state index in [1.165, 1.54) is 0 Å². The van der Waals surface area contributed by atoms with E-state index in [9.17, 15) is 0 Å². The zero-order chi connectivity index (χ0) is 18.5. The van der Waals surface area contributed by atoms with Crippen LogP contribution in [0.25, 0.3) is 0 Å². The van der Waals surface area contributed by atoms with Gasteiger partial charge < -0.3 is 9.64 Å². The van der Waals surface area contributed by atoms with E-state index in [1.54, 1.807) is 7.11 Å². The van der Waals surface area contributed by atoms with Gasteiger partial charge in [0, 0.05) is 21.6 Å². The van der Waals surface area contributed by atoms with Crippen molar-refractivity contribution in [3.8, 4) is 11.8 Å². The normalized spacial score (nSPS) is 13.5. The molecule has 6 heteroatoms. The Hall–Kier alpha value is -2.03. The lowest BCUT2D eigenvalue weighted by atomic mass is 9.98. The highest BCUT2D eigenvalue weighted by molar-refractivity contribution is 9.10. The van der Waals surface area contributed by atoms with Gasteiger partial charge in [-0.3, -0.25) is 4.99 Å². The summed E-state index contributed by atoms with van der Waals surface area (Å²) in [5.74, 6) is 1.71. The van der Waals surface area contributed by atoms with E-state index in [2.05, 4.69) is 27.0 Å². The number of nitriles is 1. The maximum absolute atomic E-state index is 9.06. The van der Waals surface area contributed by atoms with E-state index < -0.39 is 0 Å². The van der Waals surface area contributed by atoms with Gasteiger partial charge >= 0.3 is 0 Å². The Kier molecular flexibility index (Phi) is 6.18. The maximum atomic E-state index is 9.06. The summed E-state index contributed by atoms with van der Waals surface area (Å²) in [6, 6.07) is 14.1. The number of hydrogen-bond donors (Lipinski definition) is 0. The van der Waals surface area contributed by atoms with Crippen LogP contribution in [-0.4, -0.2) is 37.5 Å². The topological polar surface area (TPSA) is 48.6 Å². The molecule has 2 aromatic carbocycles. The van der Waals surface area contributed by atoms with Crippen molar-refractivity contribution >= 4 is 33.4 Å². The van der Waals surface area contributed by atoms with Gasteiger partial charge in [-0.2, -0.15) is 5.26 Å². The third kappa shape index (κ3) is 4.03. The minimum absolute atomic E-state index is 0.340. The Morgan fingerprint density at radius 3 is 2.92 bits per heavy atom.